The van der Waals surface area contributed by atoms with E-state index in [0.717, 1.165) is 33.8 Å². The lowest BCUT2D eigenvalue weighted by Gasteiger charge is -2.23. The van der Waals surface area contributed by atoms with Crippen LogP contribution in [-0.2, 0) is 12.8 Å². The number of hydrogen-bond donors (Lipinski definition) is 1. The molecule has 156 valence electrons. The highest BCUT2D eigenvalue weighted by molar-refractivity contribution is 5.97. The van der Waals surface area contributed by atoms with Gasteiger partial charge >= 0.3 is 0 Å². The van der Waals surface area contributed by atoms with Gasteiger partial charge in [-0.2, -0.15) is 5.10 Å². The van der Waals surface area contributed by atoms with Crippen molar-refractivity contribution in [3.63, 3.8) is 0 Å². The highest BCUT2D eigenvalue weighted by atomic mass is 16.5. The number of aromatic hydroxyl groups is 1. The molecule has 7 nitrogen and oxygen atoms in total. The summed E-state index contributed by atoms with van der Waals surface area (Å²) in [5.74, 6) is 0.704. The second-order valence-electron chi connectivity index (χ2n) is 7.69. The molecule has 0 radical (unpaired) electrons. The van der Waals surface area contributed by atoms with Crippen LogP contribution in [-0.4, -0.2) is 37.8 Å². The van der Waals surface area contributed by atoms with Gasteiger partial charge < -0.3 is 9.84 Å². The largest absolute Gasteiger partial charge is 0.508 e. The topological polar surface area (TPSA) is 89.6 Å². The molecule has 7 heteroatoms. The second-order valence-corrected chi connectivity index (χ2v) is 7.69. The Morgan fingerprint density at radius 3 is 2.65 bits per heavy atom. The maximum Gasteiger partial charge on any atom is 0.185 e. The molecule has 2 aromatic heterocycles. The zero-order chi connectivity index (χ0) is 21.5. The summed E-state index contributed by atoms with van der Waals surface area (Å²) in [7, 11) is 1.64. The number of ketones is 1. The summed E-state index contributed by atoms with van der Waals surface area (Å²) in [5, 5.41) is 23.9. The molecular weight excluding hydrogens is 392 g/mol. The predicted octanol–water partition coefficient (Wildman–Crippen LogP) is 3.98. The Morgan fingerprint density at radius 1 is 1.10 bits per heavy atom. The lowest BCUT2D eigenvalue weighted by atomic mass is 9.83. The van der Waals surface area contributed by atoms with Crippen LogP contribution in [0.1, 0.15) is 46.7 Å². The van der Waals surface area contributed by atoms with E-state index in [1.54, 1.807) is 23.8 Å². The Kier molecular flexibility index (Phi) is 4.66. The van der Waals surface area contributed by atoms with Crippen LogP contribution in [0.25, 0.3) is 16.8 Å². The molecule has 2 aromatic carbocycles. The average molecular weight is 414 g/mol. The Morgan fingerprint density at radius 2 is 1.87 bits per heavy atom. The van der Waals surface area contributed by atoms with Gasteiger partial charge in [0.2, 0.25) is 0 Å². The van der Waals surface area contributed by atoms with Gasteiger partial charge in [0, 0.05) is 17.9 Å². The van der Waals surface area contributed by atoms with Crippen molar-refractivity contribution in [2.45, 2.75) is 32.1 Å². The number of carbonyl (C=O) groups is 1. The maximum absolute atomic E-state index is 12.9. The van der Waals surface area contributed by atoms with Crippen molar-refractivity contribution in [1.82, 2.24) is 19.8 Å². The van der Waals surface area contributed by atoms with E-state index < -0.39 is 0 Å². The van der Waals surface area contributed by atoms with E-state index in [2.05, 4.69) is 10.2 Å². The van der Waals surface area contributed by atoms with Crippen LogP contribution >= 0.6 is 0 Å². The number of nitrogens with zero attached hydrogens (tertiary/aromatic N) is 4. The third-order valence-electron chi connectivity index (χ3n) is 5.93. The lowest BCUT2D eigenvalue weighted by molar-refractivity contribution is 0.0955. The van der Waals surface area contributed by atoms with Crippen molar-refractivity contribution in [2.24, 2.45) is 0 Å². The molecule has 5 rings (SSSR count). The smallest absolute Gasteiger partial charge is 0.185 e. The predicted molar refractivity (Wildman–Crippen MR) is 116 cm³/mol. The summed E-state index contributed by atoms with van der Waals surface area (Å²) in [6.07, 6.45) is 1.52. The Bertz CT molecular complexity index is 1310. The molecule has 1 aliphatic carbocycles. The Hall–Kier alpha value is -3.74. The first-order chi connectivity index (χ1) is 15.1. The van der Waals surface area contributed by atoms with Gasteiger partial charge in [-0.1, -0.05) is 43.3 Å². The zero-order valence-electron chi connectivity index (χ0n) is 17.4. The molecule has 0 bridgehead atoms. The Balaban J connectivity index is 1.71. The number of phenols is 1. The van der Waals surface area contributed by atoms with Crippen LogP contribution in [0.15, 0.2) is 48.5 Å². The van der Waals surface area contributed by atoms with Gasteiger partial charge in [0.15, 0.2) is 17.1 Å². The van der Waals surface area contributed by atoms with Crippen molar-refractivity contribution >= 4 is 11.4 Å². The normalized spacial score (nSPS) is 15.8. The molecule has 0 aliphatic heterocycles. The van der Waals surface area contributed by atoms with Crippen LogP contribution in [0.5, 0.6) is 11.5 Å². The number of carbonyl (C=O) groups excluding carboxylic acids is 1. The van der Waals surface area contributed by atoms with Gasteiger partial charge in [0.1, 0.15) is 11.5 Å². The second kappa shape index (κ2) is 7.50. The molecule has 1 N–H and O–H groups in total. The number of fused-ring (bicyclic) bond motifs is 3. The minimum atomic E-state index is -0.141. The van der Waals surface area contributed by atoms with Gasteiger partial charge in [0.25, 0.3) is 0 Å². The molecule has 0 spiro atoms. The fraction of sp³-hybridized carbons (Fsp3) is 0.250. The van der Waals surface area contributed by atoms with Crippen molar-refractivity contribution in [1.29, 1.82) is 0 Å². The van der Waals surface area contributed by atoms with E-state index in [-0.39, 0.29) is 23.9 Å². The summed E-state index contributed by atoms with van der Waals surface area (Å²) < 4.78 is 7.33. The summed E-state index contributed by atoms with van der Waals surface area (Å²) in [6.45, 7) is 2.04. The number of hydrogen-bond acceptors (Lipinski definition) is 6. The fourth-order valence-corrected chi connectivity index (χ4v) is 4.44. The number of ether oxygens (including phenoxy) is 1. The third-order valence-corrected chi connectivity index (χ3v) is 5.93. The monoisotopic (exact) mass is 414 g/mol. The van der Waals surface area contributed by atoms with Crippen molar-refractivity contribution in [3.8, 4) is 22.6 Å². The van der Waals surface area contributed by atoms with Crippen molar-refractivity contribution in [2.75, 3.05) is 7.11 Å². The number of aromatic nitrogens is 4. The number of Topliss-reactive ketones (excluding diaryl/α,β-unsaturated/α-hetero) is 1. The SMILES string of the molecule is CCc1nn2c3c(nnc2c1-c1ccccc1OC)C(=O)C[C@H](c1ccccc1O)C3. The quantitative estimate of drug-likeness (QED) is 0.543. The van der Waals surface area contributed by atoms with Gasteiger partial charge in [-0.15, -0.1) is 10.2 Å². The first-order valence-electron chi connectivity index (χ1n) is 10.3. The van der Waals surface area contributed by atoms with E-state index >= 15 is 0 Å². The van der Waals surface area contributed by atoms with Crippen LogP contribution in [0, 0.1) is 0 Å². The number of rotatable bonds is 4. The Labute approximate surface area is 179 Å². The van der Waals surface area contributed by atoms with Crippen molar-refractivity contribution in [3.05, 3.63) is 71.2 Å². The van der Waals surface area contributed by atoms with E-state index in [1.165, 1.54) is 0 Å². The highest BCUT2D eigenvalue weighted by Crippen LogP contribution is 2.39. The summed E-state index contributed by atoms with van der Waals surface area (Å²) in [6, 6.07) is 14.9. The first-order valence-corrected chi connectivity index (χ1v) is 10.3. The van der Waals surface area contributed by atoms with Gasteiger partial charge in [-0.05, 0) is 30.5 Å². The summed E-state index contributed by atoms with van der Waals surface area (Å²) in [4.78, 5) is 12.9. The average Bonchev–Trinajstić information content (AvgIpc) is 3.18. The first kappa shape index (κ1) is 19.2. The summed E-state index contributed by atoms with van der Waals surface area (Å²) in [5.41, 5.74) is 5.08. The molecule has 1 atom stereocenters. The van der Waals surface area contributed by atoms with E-state index in [0.29, 0.717) is 24.2 Å². The molecule has 0 fully saturated rings. The number of aryl methyl sites for hydroxylation is 1. The molecule has 0 saturated carbocycles. The molecule has 31 heavy (non-hydrogen) atoms. The molecule has 0 unspecified atom stereocenters. The van der Waals surface area contributed by atoms with Gasteiger partial charge in [-0.25, -0.2) is 4.52 Å². The van der Waals surface area contributed by atoms with E-state index in [1.807, 2.05) is 43.3 Å². The molecule has 4 aromatic rings. The van der Waals surface area contributed by atoms with Crippen molar-refractivity contribution < 1.29 is 14.6 Å². The fourth-order valence-electron chi connectivity index (χ4n) is 4.44. The minimum Gasteiger partial charge on any atom is -0.508 e. The van der Waals surface area contributed by atoms with Crippen LogP contribution in [0.4, 0.5) is 0 Å². The minimum absolute atomic E-state index is 0.0868. The van der Waals surface area contributed by atoms with Gasteiger partial charge in [0.05, 0.1) is 24.1 Å². The maximum atomic E-state index is 12.9. The van der Waals surface area contributed by atoms with Crippen LogP contribution in [0.3, 0.4) is 0 Å². The molecular formula is C24H22N4O3. The zero-order valence-corrected chi connectivity index (χ0v) is 17.4. The number of methoxy groups -OCH3 is 1. The molecule has 1 aliphatic rings. The van der Waals surface area contributed by atoms with Crippen LogP contribution in [0.2, 0.25) is 0 Å². The molecule has 0 amide bonds. The lowest BCUT2D eigenvalue weighted by Crippen LogP contribution is -2.24. The number of benzene rings is 2. The van der Waals surface area contributed by atoms with E-state index in [4.69, 9.17) is 9.84 Å². The number of para-hydroxylation sites is 2. The highest BCUT2D eigenvalue weighted by Gasteiger charge is 2.33. The molecule has 0 saturated heterocycles. The molecule has 2 heterocycles. The number of phenolic OH excluding ortho intramolecular Hbond substituents is 1. The standard InChI is InChI=1S/C24H22N4O3/c1-3-17-22(16-9-5-7-11-21(16)31-2)24-26-25-23-18(28(24)27-17)12-14(13-20(23)30)15-8-4-6-10-19(15)29/h4-11,14,29H,3,12-13H2,1-2H3/t14-/m1/s1. The van der Waals surface area contributed by atoms with Crippen LogP contribution < -0.4 is 4.74 Å². The third kappa shape index (κ3) is 3.04. The van der Waals surface area contributed by atoms with E-state index in [9.17, 15) is 9.90 Å². The van der Waals surface area contributed by atoms with Gasteiger partial charge in [-0.3, -0.25) is 4.79 Å². The summed E-state index contributed by atoms with van der Waals surface area (Å²) >= 11 is 0.